The standard InChI is InChI=1S/2C22H24N2O8.2ClH/c2*1-7-8-5-4-6-9(25)11(8)16(26)12-10(7)17(27)14-15(24(2)3)18(28)13(21(23)31)20(30)22(14,32)19(12)29;;/h2*4-7,10,14-15,17,25,27-29,32H,1-3H3,(H2,23,31);2*1H/t2*7-,10+,14+,15-,17-,22-;;/m00../s1. The molecule has 6 aliphatic carbocycles. The number of phenolic OH excluding ortho intramolecular Hbond substituents is 2. The number of halogens is 2. The number of Topliss-reactive ketones (excluding diaryl/α,β-unsaturated/α-hetero) is 4. The number of aliphatic hydroxyl groups excluding tert-OH is 6. The second kappa shape index (κ2) is 17.1. The molecule has 0 saturated carbocycles. The molecule has 66 heavy (non-hydrogen) atoms. The summed E-state index contributed by atoms with van der Waals surface area (Å²) in [5.41, 5.74) is 2.73. The summed E-state index contributed by atoms with van der Waals surface area (Å²) in [6.07, 6.45) is -3.18. The fourth-order valence-corrected chi connectivity index (χ4v) is 11.2. The van der Waals surface area contributed by atoms with Gasteiger partial charge >= 0.3 is 0 Å². The van der Waals surface area contributed by atoms with Crippen LogP contribution in [-0.2, 0) is 19.2 Å². The van der Waals surface area contributed by atoms with E-state index in [2.05, 4.69) is 0 Å². The van der Waals surface area contributed by atoms with Crippen molar-refractivity contribution in [3.63, 3.8) is 0 Å². The second-order valence-electron chi connectivity index (χ2n) is 17.6. The molecule has 0 spiro atoms. The van der Waals surface area contributed by atoms with Crippen LogP contribution in [0.1, 0.15) is 57.5 Å². The average Bonchev–Trinajstić information content (AvgIpc) is 3.20. The van der Waals surface area contributed by atoms with Crippen molar-refractivity contribution >= 4 is 59.8 Å². The quantitative estimate of drug-likeness (QED) is 0.181. The lowest BCUT2D eigenvalue weighted by Gasteiger charge is -2.53. The summed E-state index contributed by atoms with van der Waals surface area (Å²) < 4.78 is 0. The van der Waals surface area contributed by atoms with Crippen molar-refractivity contribution in [2.24, 2.45) is 35.1 Å². The van der Waals surface area contributed by atoms with Gasteiger partial charge in [0, 0.05) is 23.0 Å². The maximum absolute atomic E-state index is 13.3. The van der Waals surface area contributed by atoms with E-state index in [1.165, 1.54) is 50.1 Å². The first-order chi connectivity index (χ1) is 29.7. The number of primary amides is 2. The molecule has 20 nitrogen and oxygen atoms in total. The highest BCUT2D eigenvalue weighted by atomic mass is 35.5. The molecule has 12 atom stereocenters. The Bertz CT molecular complexity index is 2460. The lowest BCUT2D eigenvalue weighted by atomic mass is 9.55. The summed E-state index contributed by atoms with van der Waals surface area (Å²) in [6, 6.07) is 6.33. The van der Waals surface area contributed by atoms with Crippen molar-refractivity contribution in [1.82, 2.24) is 9.80 Å². The number of aromatic hydroxyl groups is 2. The van der Waals surface area contributed by atoms with Crippen LogP contribution in [-0.4, -0.2) is 159 Å². The molecule has 0 unspecified atom stereocenters. The molecule has 0 saturated heterocycles. The minimum Gasteiger partial charge on any atom is -0.510 e. The Morgan fingerprint density at radius 2 is 0.879 bits per heavy atom. The number of ketones is 4. The van der Waals surface area contributed by atoms with Gasteiger partial charge in [0.15, 0.2) is 22.8 Å². The molecule has 0 aromatic heterocycles. The summed E-state index contributed by atoms with van der Waals surface area (Å²) in [6.45, 7) is 3.35. The van der Waals surface area contributed by atoms with Crippen LogP contribution in [0.25, 0.3) is 0 Å². The van der Waals surface area contributed by atoms with Gasteiger partial charge in [0.25, 0.3) is 11.8 Å². The van der Waals surface area contributed by atoms with Gasteiger partial charge in [-0.3, -0.25) is 38.6 Å². The van der Waals surface area contributed by atoms with Gasteiger partial charge in [0.05, 0.1) is 47.3 Å². The third kappa shape index (κ3) is 6.56. The molecule has 6 aliphatic rings. The number of benzene rings is 2. The molecule has 356 valence electrons. The summed E-state index contributed by atoms with van der Waals surface area (Å²) in [4.78, 5) is 79.6. The molecule has 0 fully saturated rings. The van der Waals surface area contributed by atoms with E-state index in [0.717, 1.165) is 0 Å². The molecular weight excluding hydrogens is 911 g/mol. The van der Waals surface area contributed by atoms with Gasteiger partial charge in [-0.15, -0.1) is 24.8 Å². The normalized spacial score (nSPS) is 33.3. The number of carbonyl (C=O) groups excluding carboxylic acids is 6. The number of nitrogens with zero attached hydrogens (tertiary/aromatic N) is 2. The molecule has 0 heterocycles. The highest BCUT2D eigenvalue weighted by Gasteiger charge is 2.69. The fourth-order valence-electron chi connectivity index (χ4n) is 11.2. The zero-order valence-electron chi connectivity index (χ0n) is 36.0. The van der Waals surface area contributed by atoms with E-state index < -0.39 is 151 Å². The molecule has 2 aromatic carbocycles. The smallest absolute Gasteiger partial charge is 0.255 e. The number of phenols is 2. The van der Waals surface area contributed by atoms with E-state index in [-0.39, 0.29) is 47.4 Å². The van der Waals surface area contributed by atoms with Crippen LogP contribution in [0.3, 0.4) is 0 Å². The van der Waals surface area contributed by atoms with Crippen molar-refractivity contribution in [2.45, 2.75) is 61.2 Å². The maximum atomic E-state index is 13.3. The van der Waals surface area contributed by atoms with Crippen molar-refractivity contribution in [3.05, 3.63) is 104 Å². The van der Waals surface area contributed by atoms with Crippen LogP contribution < -0.4 is 11.5 Å². The van der Waals surface area contributed by atoms with Gasteiger partial charge in [0.2, 0.25) is 11.6 Å². The van der Waals surface area contributed by atoms with E-state index in [9.17, 15) is 79.8 Å². The molecule has 2 aromatic rings. The van der Waals surface area contributed by atoms with Crippen molar-refractivity contribution in [2.75, 3.05) is 28.2 Å². The highest BCUT2D eigenvalue weighted by Crippen LogP contribution is 2.57. The van der Waals surface area contributed by atoms with Gasteiger partial charge in [-0.25, -0.2) is 0 Å². The molecule has 22 heteroatoms. The number of amides is 2. The Labute approximate surface area is 388 Å². The summed E-state index contributed by atoms with van der Waals surface area (Å²) >= 11 is 0. The minimum absolute atomic E-state index is 0. The molecule has 2 amide bonds. The number of aliphatic hydroxyl groups is 8. The first-order valence-corrected chi connectivity index (χ1v) is 20.0. The largest absolute Gasteiger partial charge is 0.510 e. The SMILES string of the molecule is C[C@H]1c2cccc(O)c2C(=O)C2=C(O)[C@]3(O)C(=O)C(C(N)=O)=C(O)[C@@H](N(C)C)[C@@H]3[C@@H](O)[C@@H]21.C[C@H]1c2cccc(O)c2C(=O)C2=C(O)[C@]3(O)C(=O)C(C(N)=O)=C(O)[C@@H](N(C)C)[C@@H]3[C@@H](O)[C@@H]21.Cl.Cl. The van der Waals surface area contributed by atoms with E-state index >= 15 is 0 Å². The lowest BCUT2D eigenvalue weighted by molar-refractivity contribution is -0.162. The van der Waals surface area contributed by atoms with Crippen LogP contribution in [0.2, 0.25) is 0 Å². The first kappa shape index (κ1) is 51.1. The number of hydrogen-bond donors (Lipinski definition) is 12. The number of carbonyl (C=O) groups is 6. The van der Waals surface area contributed by atoms with Crippen LogP contribution >= 0.6 is 24.8 Å². The number of likely N-dealkylation sites (N-methyl/N-ethyl adjacent to an activating group) is 2. The van der Waals surface area contributed by atoms with Crippen LogP contribution in [0, 0.1) is 23.7 Å². The van der Waals surface area contributed by atoms with Crippen molar-refractivity contribution in [1.29, 1.82) is 0 Å². The summed E-state index contributed by atoms with van der Waals surface area (Å²) in [7, 11) is 5.95. The highest BCUT2D eigenvalue weighted by molar-refractivity contribution is 6.26. The number of hydrogen-bond acceptors (Lipinski definition) is 18. The number of fused-ring (bicyclic) bond motifs is 6. The molecule has 0 aliphatic heterocycles. The van der Waals surface area contributed by atoms with Crippen molar-refractivity contribution in [3.8, 4) is 11.5 Å². The van der Waals surface area contributed by atoms with Gasteiger partial charge < -0.3 is 62.5 Å². The Hall–Kier alpha value is -5.84. The lowest BCUT2D eigenvalue weighted by Crippen LogP contribution is -2.68. The molecule has 8 rings (SSSR count). The Balaban J connectivity index is 0.000000240. The molecule has 14 N–H and O–H groups in total. The molecule has 0 bridgehead atoms. The van der Waals surface area contributed by atoms with Gasteiger partial charge in [-0.1, -0.05) is 38.1 Å². The van der Waals surface area contributed by atoms with E-state index in [1.54, 1.807) is 38.1 Å². The van der Waals surface area contributed by atoms with E-state index in [4.69, 9.17) is 11.5 Å². The van der Waals surface area contributed by atoms with Gasteiger partial charge in [0.1, 0.15) is 45.7 Å². The van der Waals surface area contributed by atoms with Crippen LogP contribution in [0.4, 0.5) is 0 Å². The van der Waals surface area contributed by atoms with E-state index in [0.29, 0.717) is 11.1 Å². The monoisotopic (exact) mass is 960 g/mol. The number of rotatable bonds is 4. The van der Waals surface area contributed by atoms with Gasteiger partial charge in [-0.05, 0) is 63.3 Å². The third-order valence-corrected chi connectivity index (χ3v) is 14.0. The van der Waals surface area contributed by atoms with E-state index in [1.807, 2.05) is 0 Å². The summed E-state index contributed by atoms with van der Waals surface area (Å²) in [5.74, 6) is -17.7. The van der Waals surface area contributed by atoms with Crippen LogP contribution in [0.15, 0.2) is 81.7 Å². The zero-order chi connectivity index (χ0) is 47.7. The van der Waals surface area contributed by atoms with Gasteiger partial charge in [-0.2, -0.15) is 0 Å². The summed E-state index contributed by atoms with van der Waals surface area (Å²) in [5, 5.41) is 110. The second-order valence-corrected chi connectivity index (χ2v) is 17.6. The minimum atomic E-state index is -2.89. The maximum Gasteiger partial charge on any atom is 0.255 e. The first-order valence-electron chi connectivity index (χ1n) is 20.0. The average molecular weight is 962 g/mol. The predicted octanol–water partition coefficient (Wildman–Crippen LogP) is 0.148. The topological polar surface area (TPSA) is 363 Å². The number of nitrogens with two attached hydrogens (primary N) is 2. The van der Waals surface area contributed by atoms with Crippen LogP contribution in [0.5, 0.6) is 11.5 Å². The zero-order valence-corrected chi connectivity index (χ0v) is 37.7. The molecular formula is C44H50Cl2N4O16. The Kier molecular flexibility index (Phi) is 13.3. The fraction of sp³-hybridized carbons (Fsp3) is 0.409. The Morgan fingerprint density at radius 3 is 1.15 bits per heavy atom. The van der Waals surface area contributed by atoms with Crippen molar-refractivity contribution < 1.29 is 79.8 Å². The molecule has 0 radical (unpaired) electrons. The predicted molar refractivity (Wildman–Crippen MR) is 234 cm³/mol. The Morgan fingerprint density at radius 1 is 0.576 bits per heavy atom. The third-order valence-electron chi connectivity index (χ3n) is 14.0.